The Morgan fingerprint density at radius 3 is 2.35 bits per heavy atom. The average molecular weight is 273 g/mol. The fourth-order valence-electron chi connectivity index (χ4n) is 5.48. The van der Waals surface area contributed by atoms with Crippen molar-refractivity contribution in [2.24, 2.45) is 42.4 Å². The number of carbonyl (C=O) groups excluding carboxylic acids is 1. The SMILES string of the molecule is Cn1ccnc1C(=O)C(N)C1C2CC3CC(C2)CC1C3. The molecule has 1 atom stereocenters. The summed E-state index contributed by atoms with van der Waals surface area (Å²) in [5.74, 6) is 4.16. The molecule has 0 amide bonds. The van der Waals surface area contributed by atoms with Crippen LogP contribution < -0.4 is 5.73 Å². The van der Waals surface area contributed by atoms with Gasteiger partial charge in [-0.3, -0.25) is 4.79 Å². The number of nitrogens with zero attached hydrogens (tertiary/aromatic N) is 2. The van der Waals surface area contributed by atoms with Crippen molar-refractivity contribution in [3.8, 4) is 0 Å². The molecule has 1 aromatic heterocycles. The summed E-state index contributed by atoms with van der Waals surface area (Å²) in [7, 11) is 1.86. The Kier molecular flexibility index (Phi) is 2.78. The van der Waals surface area contributed by atoms with Crippen LogP contribution in [0.15, 0.2) is 12.4 Å². The molecule has 4 aliphatic rings. The Bertz CT molecular complexity index is 508. The van der Waals surface area contributed by atoms with Gasteiger partial charge in [-0.2, -0.15) is 0 Å². The molecule has 108 valence electrons. The van der Waals surface area contributed by atoms with Crippen molar-refractivity contribution < 1.29 is 4.79 Å². The predicted octanol–water partition coefficient (Wildman–Crippen LogP) is 2.00. The van der Waals surface area contributed by atoms with Crippen LogP contribution in [-0.4, -0.2) is 21.4 Å². The van der Waals surface area contributed by atoms with E-state index in [1.165, 1.54) is 32.1 Å². The van der Waals surface area contributed by atoms with Gasteiger partial charge in [-0.25, -0.2) is 4.98 Å². The van der Waals surface area contributed by atoms with Gasteiger partial charge in [-0.15, -0.1) is 0 Å². The van der Waals surface area contributed by atoms with Gasteiger partial charge in [0.05, 0.1) is 6.04 Å². The Balaban J connectivity index is 1.58. The zero-order valence-electron chi connectivity index (χ0n) is 12.0. The number of rotatable bonds is 3. The smallest absolute Gasteiger partial charge is 0.215 e. The van der Waals surface area contributed by atoms with Crippen LogP contribution in [0.2, 0.25) is 0 Å². The predicted molar refractivity (Wildman–Crippen MR) is 76.0 cm³/mol. The van der Waals surface area contributed by atoms with Crippen LogP contribution in [0.25, 0.3) is 0 Å². The Morgan fingerprint density at radius 2 is 1.85 bits per heavy atom. The largest absolute Gasteiger partial charge is 0.332 e. The number of aromatic nitrogens is 2. The van der Waals surface area contributed by atoms with Crippen molar-refractivity contribution in [3.05, 3.63) is 18.2 Å². The van der Waals surface area contributed by atoms with Crippen LogP contribution in [0.1, 0.15) is 42.7 Å². The Hall–Kier alpha value is -1.16. The quantitative estimate of drug-likeness (QED) is 0.857. The number of imidazole rings is 1. The molecule has 4 saturated carbocycles. The summed E-state index contributed by atoms with van der Waals surface area (Å²) in [6.45, 7) is 0. The highest BCUT2D eigenvalue weighted by Gasteiger charge is 2.51. The van der Waals surface area contributed by atoms with Gasteiger partial charge in [0.1, 0.15) is 0 Å². The van der Waals surface area contributed by atoms with E-state index in [0.717, 1.165) is 11.8 Å². The summed E-state index contributed by atoms with van der Waals surface area (Å²) >= 11 is 0. The third kappa shape index (κ3) is 1.77. The molecular weight excluding hydrogens is 250 g/mol. The summed E-state index contributed by atoms with van der Waals surface area (Å²) in [6.07, 6.45) is 10.1. The van der Waals surface area contributed by atoms with Gasteiger partial charge in [-0.1, -0.05) is 0 Å². The van der Waals surface area contributed by atoms with E-state index in [-0.39, 0.29) is 11.8 Å². The second kappa shape index (κ2) is 4.42. The average Bonchev–Trinajstić information content (AvgIpc) is 2.82. The normalized spacial score (nSPS) is 40.0. The lowest BCUT2D eigenvalue weighted by atomic mass is 9.50. The molecule has 4 fully saturated rings. The molecule has 2 N–H and O–H groups in total. The molecule has 4 bridgehead atoms. The summed E-state index contributed by atoms with van der Waals surface area (Å²) in [6, 6.07) is -0.355. The molecule has 0 radical (unpaired) electrons. The number of Topliss-reactive ketones (excluding diaryl/α,β-unsaturated/α-hetero) is 1. The van der Waals surface area contributed by atoms with Gasteiger partial charge in [0.25, 0.3) is 0 Å². The van der Waals surface area contributed by atoms with Gasteiger partial charge in [0, 0.05) is 19.4 Å². The fourth-order valence-corrected chi connectivity index (χ4v) is 5.48. The molecule has 4 aliphatic carbocycles. The maximum atomic E-state index is 12.6. The highest BCUT2D eigenvalue weighted by molar-refractivity contribution is 5.97. The number of aryl methyl sites for hydroxylation is 1. The second-order valence-electron chi connectivity index (χ2n) is 7.26. The van der Waals surface area contributed by atoms with Crippen molar-refractivity contribution in [2.45, 2.75) is 38.1 Å². The van der Waals surface area contributed by atoms with Crippen molar-refractivity contribution in [3.63, 3.8) is 0 Å². The monoisotopic (exact) mass is 273 g/mol. The molecule has 20 heavy (non-hydrogen) atoms. The summed E-state index contributed by atoms with van der Waals surface area (Å²) in [4.78, 5) is 16.8. The Labute approximate surface area is 119 Å². The van der Waals surface area contributed by atoms with Crippen molar-refractivity contribution in [2.75, 3.05) is 0 Å². The maximum absolute atomic E-state index is 12.6. The van der Waals surface area contributed by atoms with Crippen LogP contribution in [0.4, 0.5) is 0 Å². The first-order valence-electron chi connectivity index (χ1n) is 7.90. The first-order chi connectivity index (χ1) is 9.63. The van der Waals surface area contributed by atoms with Crippen molar-refractivity contribution >= 4 is 5.78 Å². The zero-order valence-corrected chi connectivity index (χ0v) is 12.0. The van der Waals surface area contributed by atoms with E-state index in [4.69, 9.17) is 5.73 Å². The lowest BCUT2D eigenvalue weighted by Gasteiger charge is -2.55. The van der Waals surface area contributed by atoms with Crippen LogP contribution in [0.5, 0.6) is 0 Å². The number of hydrogen-bond donors (Lipinski definition) is 1. The molecule has 0 aromatic carbocycles. The lowest BCUT2D eigenvalue weighted by Crippen LogP contribution is -2.54. The van der Waals surface area contributed by atoms with E-state index in [1.807, 2.05) is 13.2 Å². The number of ketones is 1. The van der Waals surface area contributed by atoms with Gasteiger partial charge < -0.3 is 10.3 Å². The molecule has 1 unspecified atom stereocenters. The summed E-state index contributed by atoms with van der Waals surface area (Å²) in [5, 5.41) is 0. The summed E-state index contributed by atoms with van der Waals surface area (Å²) < 4.78 is 1.79. The lowest BCUT2D eigenvalue weighted by molar-refractivity contribution is -0.0430. The molecule has 0 aliphatic heterocycles. The highest BCUT2D eigenvalue weighted by Crippen LogP contribution is 2.57. The second-order valence-corrected chi connectivity index (χ2v) is 7.26. The molecule has 0 spiro atoms. The van der Waals surface area contributed by atoms with Gasteiger partial charge in [-0.05, 0) is 61.7 Å². The standard InChI is InChI=1S/C16H23N3O/c1-19-3-2-18-16(19)15(20)14(17)13-11-5-9-4-10(7-11)8-12(13)6-9/h2-3,9-14H,4-8,17H2,1H3. The topological polar surface area (TPSA) is 60.9 Å². The molecule has 5 rings (SSSR count). The third-order valence-corrected chi connectivity index (χ3v) is 6.06. The molecule has 0 saturated heterocycles. The first-order valence-corrected chi connectivity index (χ1v) is 7.90. The van der Waals surface area contributed by atoms with E-state index >= 15 is 0 Å². The van der Waals surface area contributed by atoms with Crippen LogP contribution >= 0.6 is 0 Å². The molecule has 1 heterocycles. The van der Waals surface area contributed by atoms with Crippen molar-refractivity contribution in [1.29, 1.82) is 0 Å². The molecule has 4 heteroatoms. The van der Waals surface area contributed by atoms with E-state index in [0.29, 0.717) is 23.6 Å². The highest BCUT2D eigenvalue weighted by atomic mass is 16.1. The van der Waals surface area contributed by atoms with Gasteiger partial charge in [0.2, 0.25) is 5.78 Å². The molecule has 1 aromatic rings. The minimum absolute atomic E-state index is 0.0370. The first kappa shape index (κ1) is 12.6. The van der Waals surface area contributed by atoms with Crippen LogP contribution in [0, 0.1) is 29.6 Å². The minimum Gasteiger partial charge on any atom is -0.332 e. The van der Waals surface area contributed by atoms with Crippen molar-refractivity contribution in [1.82, 2.24) is 9.55 Å². The maximum Gasteiger partial charge on any atom is 0.215 e. The van der Waals surface area contributed by atoms with Gasteiger partial charge >= 0.3 is 0 Å². The molecule has 4 nitrogen and oxygen atoms in total. The molecular formula is C16H23N3O. The number of carbonyl (C=O) groups is 1. The fraction of sp³-hybridized carbons (Fsp3) is 0.750. The van der Waals surface area contributed by atoms with E-state index in [1.54, 1.807) is 10.8 Å². The zero-order chi connectivity index (χ0) is 13.9. The van der Waals surface area contributed by atoms with E-state index in [9.17, 15) is 4.79 Å². The summed E-state index contributed by atoms with van der Waals surface area (Å²) in [5.41, 5.74) is 6.40. The van der Waals surface area contributed by atoms with Crippen LogP contribution in [0.3, 0.4) is 0 Å². The van der Waals surface area contributed by atoms with E-state index < -0.39 is 0 Å². The van der Waals surface area contributed by atoms with Crippen LogP contribution in [-0.2, 0) is 7.05 Å². The Morgan fingerprint density at radius 1 is 1.25 bits per heavy atom. The minimum atomic E-state index is -0.355. The third-order valence-electron chi connectivity index (χ3n) is 6.06. The number of nitrogens with two attached hydrogens (primary N) is 1. The number of hydrogen-bond acceptors (Lipinski definition) is 3. The van der Waals surface area contributed by atoms with Gasteiger partial charge in [0.15, 0.2) is 5.82 Å². The van der Waals surface area contributed by atoms with E-state index in [2.05, 4.69) is 4.98 Å².